The summed E-state index contributed by atoms with van der Waals surface area (Å²) in [5.41, 5.74) is 1.29. The van der Waals surface area contributed by atoms with Crippen LogP contribution < -0.4 is 4.31 Å². The maximum Gasteiger partial charge on any atom is 0.303 e. The third-order valence-corrected chi connectivity index (χ3v) is 8.52. The number of thiophene rings is 1. The predicted molar refractivity (Wildman–Crippen MR) is 117 cm³/mol. The van der Waals surface area contributed by atoms with E-state index in [4.69, 9.17) is 4.74 Å². The number of anilines is 1. The number of benzene rings is 1. The summed E-state index contributed by atoms with van der Waals surface area (Å²) >= 11 is 2.43. The number of hydrogen-bond acceptors (Lipinski definition) is 8. The molecule has 1 unspecified atom stereocenters. The maximum absolute atomic E-state index is 13.1. The number of H-pyrrole nitrogens is 1. The molecule has 8 nitrogen and oxygen atoms in total. The van der Waals surface area contributed by atoms with E-state index in [1.807, 2.05) is 18.2 Å². The molecule has 0 amide bonds. The molecule has 0 saturated carbocycles. The fourth-order valence-electron chi connectivity index (χ4n) is 3.10. The molecule has 2 aromatic heterocycles. The highest BCUT2D eigenvalue weighted by molar-refractivity contribution is 8.15. The number of nitriles is 1. The molecule has 0 radical (unpaired) electrons. The Balaban J connectivity index is 1.73. The van der Waals surface area contributed by atoms with E-state index >= 15 is 0 Å². The Labute approximate surface area is 181 Å². The van der Waals surface area contributed by atoms with Gasteiger partial charge in [-0.25, -0.2) is 12.7 Å². The number of nitrogens with zero attached hydrogens (tertiary/aromatic N) is 3. The molecule has 0 spiro atoms. The minimum Gasteiger partial charge on any atom is -0.449 e. The van der Waals surface area contributed by atoms with Crippen LogP contribution in [0.1, 0.15) is 12.6 Å². The van der Waals surface area contributed by atoms with Crippen LogP contribution in [-0.4, -0.2) is 42.9 Å². The van der Waals surface area contributed by atoms with Crippen molar-refractivity contribution < 1.29 is 17.9 Å². The van der Waals surface area contributed by atoms with Crippen molar-refractivity contribution >= 4 is 60.7 Å². The van der Waals surface area contributed by atoms with Crippen molar-refractivity contribution in [3.8, 4) is 6.07 Å². The van der Waals surface area contributed by atoms with Gasteiger partial charge < -0.3 is 9.72 Å². The van der Waals surface area contributed by atoms with Crippen molar-refractivity contribution in [3.05, 3.63) is 47.5 Å². The van der Waals surface area contributed by atoms with Gasteiger partial charge in [0.05, 0.1) is 29.5 Å². The second kappa shape index (κ2) is 8.14. The first-order chi connectivity index (χ1) is 14.4. The Morgan fingerprint density at radius 3 is 2.93 bits per heavy atom. The SMILES string of the molecule is CC(=O)OC1CN=C(c2cc3cccc(N(CC#N)S(=O)(=O)c4cccs4)c3[nH]2)S1. The molecule has 3 aromatic rings. The number of aromatic amines is 1. The number of sulfonamides is 1. The predicted octanol–water partition coefficient (Wildman–Crippen LogP) is 3.33. The molecular weight excluding hydrogens is 444 g/mol. The number of carbonyl (C=O) groups is 1. The summed E-state index contributed by atoms with van der Waals surface area (Å²) in [6.45, 7) is 1.39. The van der Waals surface area contributed by atoms with Gasteiger partial charge in [-0.15, -0.1) is 11.3 Å². The Morgan fingerprint density at radius 2 is 2.23 bits per heavy atom. The Bertz CT molecular complexity index is 1270. The number of para-hydroxylation sites is 1. The molecule has 154 valence electrons. The minimum absolute atomic E-state index is 0.168. The number of thioether (sulfide) groups is 1. The zero-order valence-electron chi connectivity index (χ0n) is 15.7. The lowest BCUT2D eigenvalue weighted by atomic mass is 10.2. The van der Waals surface area contributed by atoms with Crippen molar-refractivity contribution in [1.29, 1.82) is 5.26 Å². The summed E-state index contributed by atoms with van der Waals surface area (Å²) in [5.74, 6) is -0.367. The summed E-state index contributed by atoms with van der Waals surface area (Å²) in [5, 5.41) is 12.4. The highest BCUT2D eigenvalue weighted by Gasteiger charge is 2.29. The summed E-state index contributed by atoms with van der Waals surface area (Å²) in [6, 6.07) is 12.2. The molecule has 30 heavy (non-hydrogen) atoms. The largest absolute Gasteiger partial charge is 0.449 e. The van der Waals surface area contributed by atoms with Gasteiger partial charge in [-0.1, -0.05) is 30.0 Å². The zero-order chi connectivity index (χ0) is 21.3. The number of esters is 1. The number of aliphatic imine (C=N–C) groups is 1. The zero-order valence-corrected chi connectivity index (χ0v) is 18.2. The van der Waals surface area contributed by atoms with Crippen LogP contribution in [0.2, 0.25) is 0 Å². The lowest BCUT2D eigenvalue weighted by molar-refractivity contribution is -0.141. The summed E-state index contributed by atoms with van der Waals surface area (Å²) in [4.78, 5) is 18.8. The first kappa shape index (κ1) is 20.5. The van der Waals surface area contributed by atoms with E-state index in [2.05, 4.69) is 9.98 Å². The normalized spacial score (nSPS) is 16.3. The Hall–Kier alpha value is -2.81. The van der Waals surface area contributed by atoms with E-state index in [-0.39, 0.29) is 22.2 Å². The van der Waals surface area contributed by atoms with Gasteiger partial charge in [0, 0.05) is 12.3 Å². The summed E-state index contributed by atoms with van der Waals surface area (Å²) in [7, 11) is -3.88. The van der Waals surface area contributed by atoms with Gasteiger partial charge in [-0.2, -0.15) is 5.26 Å². The van der Waals surface area contributed by atoms with Gasteiger partial charge in [0.15, 0.2) is 5.44 Å². The first-order valence-electron chi connectivity index (χ1n) is 8.84. The lowest BCUT2D eigenvalue weighted by Crippen LogP contribution is -2.31. The quantitative estimate of drug-likeness (QED) is 0.446. The van der Waals surface area contributed by atoms with Crippen LogP contribution in [0, 0.1) is 11.3 Å². The average Bonchev–Trinajstić information content (AvgIpc) is 3.44. The highest BCUT2D eigenvalue weighted by Crippen LogP contribution is 2.34. The monoisotopic (exact) mass is 460 g/mol. The minimum atomic E-state index is -3.88. The summed E-state index contributed by atoms with van der Waals surface area (Å²) < 4.78 is 32.7. The van der Waals surface area contributed by atoms with Crippen molar-refractivity contribution in [1.82, 2.24) is 4.98 Å². The van der Waals surface area contributed by atoms with Crippen molar-refractivity contribution in [2.75, 3.05) is 17.4 Å². The molecule has 0 saturated heterocycles. The fraction of sp³-hybridized carbons (Fsp3) is 0.211. The van der Waals surface area contributed by atoms with Crippen LogP contribution in [-0.2, 0) is 19.6 Å². The van der Waals surface area contributed by atoms with E-state index in [1.165, 1.54) is 24.8 Å². The van der Waals surface area contributed by atoms with Crippen LogP contribution in [0.4, 0.5) is 5.69 Å². The molecule has 0 fully saturated rings. The number of ether oxygens (including phenoxy) is 1. The molecule has 0 aliphatic carbocycles. The second-order valence-corrected chi connectivity index (χ2v) is 10.5. The molecule has 1 N–H and O–H groups in total. The molecule has 1 aliphatic rings. The molecule has 1 aliphatic heterocycles. The van der Waals surface area contributed by atoms with E-state index in [1.54, 1.807) is 23.6 Å². The van der Waals surface area contributed by atoms with Crippen LogP contribution >= 0.6 is 23.1 Å². The topological polar surface area (TPSA) is 116 Å². The molecule has 1 atom stereocenters. The number of nitrogens with one attached hydrogen (secondary N) is 1. The molecule has 0 bridgehead atoms. The standard InChI is InChI=1S/C19H16N4O4S3/c1-12(24)27-16-11-21-19(29-16)14-10-13-4-2-5-15(18(13)22-14)23(8-7-20)30(25,26)17-6-3-9-28-17/h2-6,9-10,16,22H,8,11H2,1H3. The van der Waals surface area contributed by atoms with Crippen molar-refractivity contribution in [3.63, 3.8) is 0 Å². The van der Waals surface area contributed by atoms with E-state index in [0.717, 1.165) is 21.0 Å². The number of rotatable bonds is 6. The van der Waals surface area contributed by atoms with Gasteiger partial charge in [0.2, 0.25) is 0 Å². The fourth-order valence-corrected chi connectivity index (χ4v) is 6.54. The van der Waals surface area contributed by atoms with Gasteiger partial charge in [0.1, 0.15) is 15.8 Å². The first-order valence-corrected chi connectivity index (χ1v) is 12.0. The molecule has 11 heteroatoms. The van der Waals surface area contributed by atoms with Crippen LogP contribution in [0.25, 0.3) is 10.9 Å². The third kappa shape index (κ3) is 3.81. The van der Waals surface area contributed by atoms with Gasteiger partial charge in [0.25, 0.3) is 10.0 Å². The van der Waals surface area contributed by atoms with Crippen LogP contribution in [0.3, 0.4) is 0 Å². The molecule has 4 rings (SSSR count). The van der Waals surface area contributed by atoms with E-state index in [0.29, 0.717) is 28.5 Å². The number of aromatic nitrogens is 1. The molecule has 1 aromatic carbocycles. The van der Waals surface area contributed by atoms with Gasteiger partial charge >= 0.3 is 5.97 Å². The highest BCUT2D eigenvalue weighted by atomic mass is 32.2. The van der Waals surface area contributed by atoms with Crippen LogP contribution in [0.5, 0.6) is 0 Å². The van der Waals surface area contributed by atoms with Gasteiger partial charge in [-0.05, 0) is 23.6 Å². The average molecular weight is 461 g/mol. The number of fused-ring (bicyclic) bond motifs is 1. The van der Waals surface area contributed by atoms with E-state index in [9.17, 15) is 18.5 Å². The van der Waals surface area contributed by atoms with Crippen LogP contribution in [0.15, 0.2) is 51.0 Å². The van der Waals surface area contributed by atoms with Crippen molar-refractivity contribution in [2.45, 2.75) is 16.6 Å². The molecular formula is C19H16N4O4S3. The maximum atomic E-state index is 13.1. The van der Waals surface area contributed by atoms with Gasteiger partial charge in [-0.3, -0.25) is 9.79 Å². The number of carbonyl (C=O) groups excluding carboxylic acids is 1. The lowest BCUT2D eigenvalue weighted by Gasteiger charge is -2.21. The molecule has 3 heterocycles. The Kier molecular flexibility index (Phi) is 5.55. The van der Waals surface area contributed by atoms with E-state index < -0.39 is 10.0 Å². The third-order valence-electron chi connectivity index (χ3n) is 4.31. The summed E-state index contributed by atoms with van der Waals surface area (Å²) in [6.07, 6.45) is 0. The Morgan fingerprint density at radius 1 is 1.40 bits per heavy atom. The van der Waals surface area contributed by atoms with Crippen molar-refractivity contribution in [2.24, 2.45) is 4.99 Å². The number of hydrogen-bond donors (Lipinski definition) is 1. The second-order valence-electron chi connectivity index (χ2n) is 6.33. The smallest absolute Gasteiger partial charge is 0.303 e.